The van der Waals surface area contributed by atoms with E-state index < -0.39 is 0 Å². The Morgan fingerprint density at radius 1 is 1.00 bits per heavy atom. The van der Waals surface area contributed by atoms with Gasteiger partial charge in [0, 0.05) is 12.2 Å². The zero-order valence-electron chi connectivity index (χ0n) is 15.3. The average molecular weight is 378 g/mol. The molecule has 0 saturated heterocycles. The van der Waals surface area contributed by atoms with Crippen molar-refractivity contribution >= 4 is 23.3 Å². The molecule has 0 heterocycles. The summed E-state index contributed by atoms with van der Waals surface area (Å²) in [5.74, 6) is 0.883. The first kappa shape index (κ1) is 19.9. The summed E-state index contributed by atoms with van der Waals surface area (Å²) < 4.78 is 16.2. The van der Waals surface area contributed by atoms with E-state index in [1.54, 1.807) is 19.1 Å². The first-order chi connectivity index (χ1) is 12.6. The molecule has 0 bridgehead atoms. The van der Waals surface area contributed by atoms with Crippen LogP contribution in [0.2, 0.25) is 5.02 Å². The van der Waals surface area contributed by atoms with Gasteiger partial charge in [0.15, 0.2) is 11.5 Å². The maximum absolute atomic E-state index is 11.7. The fourth-order valence-electron chi connectivity index (χ4n) is 2.41. The van der Waals surface area contributed by atoms with Crippen molar-refractivity contribution in [3.63, 3.8) is 0 Å². The highest BCUT2D eigenvalue weighted by Crippen LogP contribution is 2.36. The van der Waals surface area contributed by atoms with Gasteiger partial charge in [0.1, 0.15) is 0 Å². The fraction of sp³-hybridized carbons (Fsp3) is 0.350. The van der Waals surface area contributed by atoms with E-state index in [2.05, 4.69) is 5.32 Å². The predicted molar refractivity (Wildman–Crippen MR) is 104 cm³/mol. The number of esters is 1. The van der Waals surface area contributed by atoms with Gasteiger partial charge in [-0.25, -0.2) is 4.79 Å². The molecular formula is C20H24ClNO4. The standard InChI is InChI=1S/C20H24ClNO4/c1-4-24-18-12-14(11-17(21)19(18)25-5-2)13-22-16-9-7-15(8-10-16)20(23)26-6-3/h7-12,22H,4-6,13H2,1-3H3. The van der Waals surface area contributed by atoms with E-state index >= 15 is 0 Å². The second kappa shape index (κ2) is 9.92. The van der Waals surface area contributed by atoms with Crippen LogP contribution in [0.5, 0.6) is 11.5 Å². The molecule has 0 radical (unpaired) electrons. The van der Waals surface area contributed by atoms with E-state index in [0.29, 0.717) is 48.5 Å². The Hall–Kier alpha value is -2.40. The number of hydrogen-bond donors (Lipinski definition) is 1. The molecule has 0 amide bonds. The Morgan fingerprint density at radius 3 is 2.31 bits per heavy atom. The number of halogens is 1. The molecule has 0 saturated carbocycles. The molecule has 0 aliphatic heterocycles. The molecule has 26 heavy (non-hydrogen) atoms. The average Bonchev–Trinajstić information content (AvgIpc) is 2.63. The fourth-order valence-corrected chi connectivity index (χ4v) is 2.70. The number of carbonyl (C=O) groups excluding carboxylic acids is 1. The summed E-state index contributed by atoms with van der Waals surface area (Å²) >= 11 is 6.33. The maximum atomic E-state index is 11.7. The van der Waals surface area contributed by atoms with Gasteiger partial charge >= 0.3 is 5.97 Å². The van der Waals surface area contributed by atoms with Gasteiger partial charge in [-0.3, -0.25) is 0 Å². The third kappa shape index (κ3) is 5.30. The Morgan fingerprint density at radius 2 is 1.69 bits per heavy atom. The Bertz CT molecular complexity index is 731. The van der Waals surface area contributed by atoms with Crippen LogP contribution >= 0.6 is 11.6 Å². The van der Waals surface area contributed by atoms with Gasteiger partial charge < -0.3 is 19.5 Å². The molecule has 0 atom stereocenters. The molecule has 2 rings (SSSR count). The third-order valence-corrected chi connectivity index (χ3v) is 3.83. The van der Waals surface area contributed by atoms with Crippen LogP contribution in [0.3, 0.4) is 0 Å². The van der Waals surface area contributed by atoms with Crippen molar-refractivity contribution in [1.82, 2.24) is 0 Å². The molecule has 0 aromatic heterocycles. The molecule has 0 fully saturated rings. The maximum Gasteiger partial charge on any atom is 0.338 e. The first-order valence-corrected chi connectivity index (χ1v) is 9.05. The monoisotopic (exact) mass is 377 g/mol. The number of carbonyl (C=O) groups is 1. The lowest BCUT2D eigenvalue weighted by molar-refractivity contribution is 0.0526. The number of nitrogens with one attached hydrogen (secondary N) is 1. The second-order valence-electron chi connectivity index (χ2n) is 5.42. The third-order valence-electron chi connectivity index (χ3n) is 3.55. The molecule has 5 nitrogen and oxygen atoms in total. The van der Waals surface area contributed by atoms with E-state index in [4.69, 9.17) is 25.8 Å². The smallest absolute Gasteiger partial charge is 0.338 e. The zero-order valence-corrected chi connectivity index (χ0v) is 16.1. The van der Waals surface area contributed by atoms with Gasteiger partial charge in [0.05, 0.1) is 30.4 Å². The molecule has 0 spiro atoms. The van der Waals surface area contributed by atoms with Crippen LogP contribution in [0.25, 0.3) is 0 Å². The number of rotatable bonds is 9. The quantitative estimate of drug-likeness (QED) is 0.628. The van der Waals surface area contributed by atoms with E-state index in [-0.39, 0.29) is 5.97 Å². The number of anilines is 1. The van der Waals surface area contributed by atoms with Crippen molar-refractivity contribution in [3.05, 3.63) is 52.5 Å². The second-order valence-corrected chi connectivity index (χ2v) is 5.83. The summed E-state index contributed by atoms with van der Waals surface area (Å²) in [5.41, 5.74) is 2.39. The summed E-state index contributed by atoms with van der Waals surface area (Å²) in [6.45, 7) is 7.57. The molecule has 2 aromatic rings. The van der Waals surface area contributed by atoms with Crippen molar-refractivity contribution in [2.45, 2.75) is 27.3 Å². The molecule has 1 N–H and O–H groups in total. The van der Waals surface area contributed by atoms with E-state index in [1.165, 1.54) is 0 Å². The van der Waals surface area contributed by atoms with Gasteiger partial charge in [-0.2, -0.15) is 0 Å². The van der Waals surface area contributed by atoms with Crippen LogP contribution in [0, 0.1) is 0 Å². The summed E-state index contributed by atoms with van der Waals surface area (Å²) in [5, 5.41) is 3.82. The lowest BCUT2D eigenvalue weighted by Crippen LogP contribution is -2.05. The Kier molecular flexibility index (Phi) is 7.60. The minimum atomic E-state index is -0.321. The number of ether oxygens (including phenoxy) is 3. The number of hydrogen-bond acceptors (Lipinski definition) is 5. The van der Waals surface area contributed by atoms with Gasteiger partial charge in [-0.15, -0.1) is 0 Å². The highest BCUT2D eigenvalue weighted by molar-refractivity contribution is 6.32. The van der Waals surface area contributed by atoms with Crippen LogP contribution in [0.1, 0.15) is 36.7 Å². The molecule has 0 unspecified atom stereocenters. The molecular weight excluding hydrogens is 354 g/mol. The highest BCUT2D eigenvalue weighted by Gasteiger charge is 2.12. The van der Waals surface area contributed by atoms with Crippen LogP contribution in [-0.2, 0) is 11.3 Å². The summed E-state index contributed by atoms with van der Waals surface area (Å²) in [7, 11) is 0. The molecule has 0 aliphatic rings. The summed E-state index contributed by atoms with van der Waals surface area (Å²) in [6, 6.07) is 10.9. The van der Waals surface area contributed by atoms with Crippen molar-refractivity contribution in [2.75, 3.05) is 25.1 Å². The summed E-state index contributed by atoms with van der Waals surface area (Å²) in [6.07, 6.45) is 0. The summed E-state index contributed by atoms with van der Waals surface area (Å²) in [4.78, 5) is 11.7. The van der Waals surface area contributed by atoms with Gasteiger partial charge in [-0.1, -0.05) is 11.6 Å². The molecule has 0 aliphatic carbocycles. The highest BCUT2D eigenvalue weighted by atomic mass is 35.5. The zero-order chi connectivity index (χ0) is 18.9. The van der Waals surface area contributed by atoms with Crippen LogP contribution in [0.15, 0.2) is 36.4 Å². The van der Waals surface area contributed by atoms with Gasteiger partial charge in [0.25, 0.3) is 0 Å². The van der Waals surface area contributed by atoms with Crippen LogP contribution < -0.4 is 14.8 Å². The Labute approximate surface area is 159 Å². The minimum Gasteiger partial charge on any atom is -0.490 e. The van der Waals surface area contributed by atoms with Crippen molar-refractivity contribution in [1.29, 1.82) is 0 Å². The van der Waals surface area contributed by atoms with Crippen LogP contribution in [-0.4, -0.2) is 25.8 Å². The predicted octanol–water partition coefficient (Wildman–Crippen LogP) is 4.93. The van der Waals surface area contributed by atoms with E-state index in [0.717, 1.165) is 11.3 Å². The van der Waals surface area contributed by atoms with Crippen molar-refractivity contribution in [2.24, 2.45) is 0 Å². The normalized spacial score (nSPS) is 10.3. The number of benzene rings is 2. The first-order valence-electron chi connectivity index (χ1n) is 8.68. The topological polar surface area (TPSA) is 56.8 Å². The van der Waals surface area contributed by atoms with Crippen molar-refractivity contribution in [3.8, 4) is 11.5 Å². The largest absolute Gasteiger partial charge is 0.490 e. The van der Waals surface area contributed by atoms with Crippen molar-refractivity contribution < 1.29 is 19.0 Å². The van der Waals surface area contributed by atoms with E-state index in [9.17, 15) is 4.79 Å². The van der Waals surface area contributed by atoms with Crippen LogP contribution in [0.4, 0.5) is 5.69 Å². The molecule has 6 heteroatoms. The Balaban J connectivity index is 2.08. The van der Waals surface area contributed by atoms with Gasteiger partial charge in [0.2, 0.25) is 0 Å². The van der Waals surface area contributed by atoms with Gasteiger partial charge in [-0.05, 0) is 62.7 Å². The molecule has 140 valence electrons. The lowest BCUT2D eigenvalue weighted by atomic mass is 10.1. The SMILES string of the molecule is CCOC(=O)c1ccc(NCc2cc(Cl)c(OCC)c(OCC)c2)cc1. The van der Waals surface area contributed by atoms with E-state index in [1.807, 2.05) is 38.1 Å². The molecule has 2 aromatic carbocycles. The minimum absolute atomic E-state index is 0.321. The lowest BCUT2D eigenvalue weighted by Gasteiger charge is -2.15.